The van der Waals surface area contributed by atoms with Gasteiger partial charge in [0.05, 0.1) is 11.6 Å². The van der Waals surface area contributed by atoms with E-state index >= 15 is 0 Å². The van der Waals surface area contributed by atoms with E-state index in [1.807, 2.05) is 50.3 Å². The van der Waals surface area contributed by atoms with Crippen molar-refractivity contribution in [2.24, 2.45) is 0 Å². The lowest BCUT2D eigenvalue weighted by atomic mass is 10.0. The molecule has 0 spiro atoms. The highest BCUT2D eigenvalue weighted by Crippen LogP contribution is 2.24. The zero-order valence-electron chi connectivity index (χ0n) is 9.51. The molecule has 1 atom stereocenters. The summed E-state index contributed by atoms with van der Waals surface area (Å²) in [4.78, 5) is 4.27. The minimum Gasteiger partial charge on any atom is -0.384 e. The molecule has 0 aliphatic rings. The molecule has 1 aromatic heterocycles. The van der Waals surface area contributed by atoms with Crippen molar-refractivity contribution in [2.45, 2.75) is 20.0 Å². The largest absolute Gasteiger partial charge is 0.384 e. The van der Waals surface area contributed by atoms with Gasteiger partial charge in [0.25, 0.3) is 0 Å². The maximum atomic E-state index is 10.1. The molecular weight excluding hydrogens is 198 g/mol. The summed E-state index contributed by atoms with van der Waals surface area (Å²) < 4.78 is 0. The van der Waals surface area contributed by atoms with Crippen molar-refractivity contribution >= 4 is 10.9 Å². The number of hydrogen-bond acceptors (Lipinski definition) is 2. The van der Waals surface area contributed by atoms with Gasteiger partial charge < -0.3 is 5.11 Å². The number of para-hydroxylation sites is 1. The summed E-state index contributed by atoms with van der Waals surface area (Å²) in [5.41, 5.74) is 2.93. The first-order chi connectivity index (χ1) is 7.68. The molecule has 2 rings (SSSR count). The molecule has 1 N–H and O–H groups in total. The Morgan fingerprint density at radius 2 is 2.00 bits per heavy atom. The number of allylic oxidation sites excluding steroid dienone is 1. The number of aromatic nitrogens is 1. The van der Waals surface area contributed by atoms with E-state index in [0.29, 0.717) is 0 Å². The Bertz CT molecular complexity index is 522. The first-order valence-electron chi connectivity index (χ1n) is 5.35. The molecule has 0 radical (unpaired) electrons. The van der Waals surface area contributed by atoms with Crippen LogP contribution in [0.2, 0.25) is 0 Å². The van der Waals surface area contributed by atoms with Crippen molar-refractivity contribution in [1.82, 2.24) is 4.98 Å². The summed E-state index contributed by atoms with van der Waals surface area (Å²) in [6, 6.07) is 9.72. The van der Waals surface area contributed by atoms with Crippen LogP contribution in [0.4, 0.5) is 0 Å². The third kappa shape index (κ3) is 2.12. The molecule has 0 aliphatic carbocycles. The fourth-order valence-corrected chi connectivity index (χ4v) is 1.78. The quantitative estimate of drug-likeness (QED) is 0.777. The molecule has 1 heterocycles. The number of fused-ring (bicyclic) bond motifs is 1. The van der Waals surface area contributed by atoms with Crippen LogP contribution < -0.4 is 0 Å². The van der Waals surface area contributed by atoms with E-state index < -0.39 is 6.10 Å². The van der Waals surface area contributed by atoms with Gasteiger partial charge in [0.2, 0.25) is 0 Å². The molecular formula is C14H15NO. The fraction of sp³-hybridized carbons (Fsp3) is 0.214. The highest BCUT2D eigenvalue weighted by atomic mass is 16.3. The first kappa shape index (κ1) is 10.8. The van der Waals surface area contributed by atoms with Gasteiger partial charge in [-0.15, -0.1) is 0 Å². The molecule has 2 nitrogen and oxygen atoms in total. The SMILES string of the molecule is CC(C)=CC(O)c1ccnc2ccccc12. The Balaban J connectivity index is 2.56. The maximum Gasteiger partial charge on any atom is 0.0981 e. The van der Waals surface area contributed by atoms with Crippen LogP contribution in [0.25, 0.3) is 10.9 Å². The zero-order chi connectivity index (χ0) is 11.5. The van der Waals surface area contributed by atoms with Gasteiger partial charge in [-0.05, 0) is 31.5 Å². The van der Waals surface area contributed by atoms with E-state index in [1.54, 1.807) is 6.20 Å². The van der Waals surface area contributed by atoms with Gasteiger partial charge in [-0.25, -0.2) is 0 Å². The lowest BCUT2D eigenvalue weighted by molar-refractivity contribution is 0.229. The molecule has 0 fully saturated rings. The number of pyridine rings is 1. The topological polar surface area (TPSA) is 33.1 Å². The number of rotatable bonds is 2. The van der Waals surface area contributed by atoms with E-state index in [9.17, 15) is 5.11 Å². The van der Waals surface area contributed by atoms with Crippen LogP contribution in [0, 0.1) is 0 Å². The van der Waals surface area contributed by atoms with E-state index in [4.69, 9.17) is 0 Å². The standard InChI is InChI=1S/C14H15NO/c1-10(2)9-14(16)12-7-8-15-13-6-4-3-5-11(12)13/h3-9,14,16H,1-2H3. The van der Waals surface area contributed by atoms with Gasteiger partial charge in [0, 0.05) is 11.6 Å². The Morgan fingerprint density at radius 3 is 2.75 bits per heavy atom. The number of aliphatic hydroxyl groups is 1. The highest BCUT2D eigenvalue weighted by Gasteiger charge is 2.08. The van der Waals surface area contributed by atoms with Crippen molar-refractivity contribution in [1.29, 1.82) is 0 Å². The van der Waals surface area contributed by atoms with Gasteiger partial charge in [0.1, 0.15) is 0 Å². The molecule has 2 aromatic rings. The summed E-state index contributed by atoms with van der Waals surface area (Å²) in [5.74, 6) is 0. The van der Waals surface area contributed by atoms with Gasteiger partial charge in [-0.3, -0.25) is 4.98 Å². The average molecular weight is 213 g/mol. The molecule has 1 unspecified atom stereocenters. The number of benzene rings is 1. The van der Waals surface area contributed by atoms with Gasteiger partial charge in [-0.1, -0.05) is 29.8 Å². The summed E-state index contributed by atoms with van der Waals surface area (Å²) in [6.07, 6.45) is 3.03. The first-order valence-corrected chi connectivity index (χ1v) is 5.35. The lowest BCUT2D eigenvalue weighted by Gasteiger charge is -2.10. The van der Waals surface area contributed by atoms with Crippen LogP contribution in [0.15, 0.2) is 48.2 Å². The lowest BCUT2D eigenvalue weighted by Crippen LogP contribution is -1.96. The minimum atomic E-state index is -0.558. The fourth-order valence-electron chi connectivity index (χ4n) is 1.78. The molecule has 0 aliphatic heterocycles. The predicted octanol–water partition coefficient (Wildman–Crippen LogP) is 3.23. The molecule has 0 amide bonds. The molecule has 82 valence electrons. The summed E-state index contributed by atoms with van der Waals surface area (Å²) in [7, 11) is 0. The van der Waals surface area contributed by atoms with Crippen molar-refractivity contribution in [2.75, 3.05) is 0 Å². The van der Waals surface area contributed by atoms with Crippen LogP contribution in [-0.4, -0.2) is 10.1 Å². The van der Waals surface area contributed by atoms with Crippen molar-refractivity contribution in [3.63, 3.8) is 0 Å². The molecule has 0 saturated carbocycles. The summed E-state index contributed by atoms with van der Waals surface area (Å²) in [6.45, 7) is 3.96. The third-order valence-corrected chi connectivity index (χ3v) is 2.49. The smallest absolute Gasteiger partial charge is 0.0981 e. The summed E-state index contributed by atoms with van der Waals surface area (Å²) in [5, 5.41) is 11.1. The molecule has 2 heteroatoms. The van der Waals surface area contributed by atoms with E-state index in [-0.39, 0.29) is 0 Å². The summed E-state index contributed by atoms with van der Waals surface area (Å²) >= 11 is 0. The Kier molecular flexibility index (Phi) is 3.02. The van der Waals surface area contributed by atoms with Gasteiger partial charge in [0.15, 0.2) is 0 Å². The Labute approximate surface area is 95.3 Å². The van der Waals surface area contributed by atoms with Crippen LogP contribution >= 0.6 is 0 Å². The third-order valence-electron chi connectivity index (χ3n) is 2.49. The van der Waals surface area contributed by atoms with Crippen molar-refractivity contribution in [3.05, 3.63) is 53.7 Å². The van der Waals surface area contributed by atoms with E-state index in [0.717, 1.165) is 22.0 Å². The minimum absolute atomic E-state index is 0.558. The zero-order valence-corrected chi connectivity index (χ0v) is 9.51. The van der Waals surface area contributed by atoms with Crippen LogP contribution in [0.1, 0.15) is 25.5 Å². The van der Waals surface area contributed by atoms with Crippen LogP contribution in [0.3, 0.4) is 0 Å². The second-order valence-corrected chi connectivity index (χ2v) is 4.11. The van der Waals surface area contributed by atoms with Crippen molar-refractivity contribution < 1.29 is 5.11 Å². The van der Waals surface area contributed by atoms with Gasteiger partial charge >= 0.3 is 0 Å². The monoisotopic (exact) mass is 213 g/mol. The predicted molar refractivity (Wildman–Crippen MR) is 66.1 cm³/mol. The van der Waals surface area contributed by atoms with Crippen LogP contribution in [-0.2, 0) is 0 Å². The molecule has 16 heavy (non-hydrogen) atoms. The Morgan fingerprint density at radius 1 is 1.25 bits per heavy atom. The van der Waals surface area contributed by atoms with Crippen LogP contribution in [0.5, 0.6) is 0 Å². The number of nitrogens with zero attached hydrogens (tertiary/aromatic N) is 1. The average Bonchev–Trinajstić information content (AvgIpc) is 2.27. The second kappa shape index (κ2) is 4.45. The maximum absolute atomic E-state index is 10.1. The van der Waals surface area contributed by atoms with E-state index in [2.05, 4.69) is 4.98 Å². The highest BCUT2D eigenvalue weighted by molar-refractivity contribution is 5.82. The molecule has 1 aromatic carbocycles. The number of hydrogen-bond donors (Lipinski definition) is 1. The van der Waals surface area contributed by atoms with Crippen molar-refractivity contribution in [3.8, 4) is 0 Å². The molecule has 0 saturated heterocycles. The number of aliphatic hydroxyl groups excluding tert-OH is 1. The molecule has 0 bridgehead atoms. The second-order valence-electron chi connectivity index (χ2n) is 4.11. The normalized spacial score (nSPS) is 12.4. The Hall–Kier alpha value is -1.67. The van der Waals surface area contributed by atoms with E-state index in [1.165, 1.54) is 0 Å². The van der Waals surface area contributed by atoms with Gasteiger partial charge in [-0.2, -0.15) is 0 Å².